The van der Waals surface area contributed by atoms with Gasteiger partial charge in [-0.1, -0.05) is 43.2 Å². The summed E-state index contributed by atoms with van der Waals surface area (Å²) < 4.78 is 5.65. The van der Waals surface area contributed by atoms with E-state index in [0.717, 1.165) is 37.0 Å². The Morgan fingerprint density at radius 1 is 1.11 bits per heavy atom. The van der Waals surface area contributed by atoms with Gasteiger partial charge in [0.2, 0.25) is 0 Å². The highest BCUT2D eigenvalue weighted by Gasteiger charge is 2.31. The van der Waals surface area contributed by atoms with Gasteiger partial charge in [-0.25, -0.2) is 9.97 Å². The normalized spacial score (nSPS) is 17.5. The van der Waals surface area contributed by atoms with Crippen molar-refractivity contribution in [3.8, 4) is 11.3 Å². The van der Waals surface area contributed by atoms with Gasteiger partial charge in [0.25, 0.3) is 5.91 Å². The predicted molar refractivity (Wildman–Crippen MR) is 103 cm³/mol. The molecule has 27 heavy (non-hydrogen) atoms. The number of carbonyl (C=O) groups is 1. The Morgan fingerprint density at radius 3 is 2.74 bits per heavy atom. The Kier molecular flexibility index (Phi) is 5.01. The number of likely N-dealkylation sites (tertiary alicyclic amines) is 1. The molecule has 4 rings (SSSR count). The molecule has 0 saturated carbocycles. The largest absolute Gasteiger partial charge is 0.467 e. The molecule has 1 aliphatic rings. The average molecular weight is 361 g/mol. The fourth-order valence-corrected chi connectivity index (χ4v) is 3.73. The summed E-state index contributed by atoms with van der Waals surface area (Å²) in [7, 11) is 0. The zero-order valence-corrected chi connectivity index (χ0v) is 15.5. The first-order valence-electron chi connectivity index (χ1n) is 9.47. The van der Waals surface area contributed by atoms with Crippen LogP contribution in [-0.4, -0.2) is 27.3 Å². The molecule has 1 fully saturated rings. The lowest BCUT2D eigenvalue weighted by Crippen LogP contribution is -2.35. The summed E-state index contributed by atoms with van der Waals surface area (Å²) in [5, 5.41) is 0. The molecule has 1 aromatic carbocycles. The molecule has 0 unspecified atom stereocenters. The van der Waals surface area contributed by atoms with Crippen molar-refractivity contribution in [1.82, 2.24) is 14.9 Å². The minimum Gasteiger partial charge on any atom is -0.467 e. The quantitative estimate of drug-likeness (QED) is 0.672. The van der Waals surface area contributed by atoms with Crippen LogP contribution in [0.5, 0.6) is 0 Å². The fraction of sp³-hybridized carbons (Fsp3) is 0.318. The van der Waals surface area contributed by atoms with Crippen LogP contribution in [0, 0.1) is 6.92 Å². The van der Waals surface area contributed by atoms with E-state index in [4.69, 9.17) is 4.42 Å². The summed E-state index contributed by atoms with van der Waals surface area (Å²) in [6.45, 7) is 2.56. The molecule has 5 heteroatoms. The van der Waals surface area contributed by atoms with Crippen molar-refractivity contribution < 1.29 is 9.21 Å². The third-order valence-corrected chi connectivity index (χ3v) is 5.07. The summed E-state index contributed by atoms with van der Waals surface area (Å²) >= 11 is 0. The van der Waals surface area contributed by atoms with Crippen LogP contribution in [0.2, 0.25) is 0 Å². The van der Waals surface area contributed by atoms with Crippen molar-refractivity contribution in [2.45, 2.75) is 38.6 Å². The van der Waals surface area contributed by atoms with E-state index in [-0.39, 0.29) is 11.9 Å². The SMILES string of the molecule is Cc1ncc(C(=O)N2CCCCC[C@H]2c2ccco2)c(-c2ccccc2)n1. The molecule has 0 aliphatic carbocycles. The number of hydrogen-bond donors (Lipinski definition) is 0. The van der Waals surface area contributed by atoms with Crippen molar-refractivity contribution >= 4 is 5.91 Å². The highest BCUT2D eigenvalue weighted by Crippen LogP contribution is 2.33. The van der Waals surface area contributed by atoms with Crippen LogP contribution >= 0.6 is 0 Å². The molecule has 0 spiro atoms. The zero-order valence-electron chi connectivity index (χ0n) is 15.5. The fourth-order valence-electron chi connectivity index (χ4n) is 3.73. The van der Waals surface area contributed by atoms with Crippen molar-refractivity contribution in [3.63, 3.8) is 0 Å². The van der Waals surface area contributed by atoms with Crippen LogP contribution in [0.3, 0.4) is 0 Å². The first-order valence-corrected chi connectivity index (χ1v) is 9.47. The van der Waals surface area contributed by atoms with Crippen LogP contribution < -0.4 is 0 Å². The number of benzene rings is 1. The lowest BCUT2D eigenvalue weighted by molar-refractivity contribution is 0.0658. The minimum atomic E-state index is -0.0417. The Labute approximate surface area is 159 Å². The number of amides is 1. The zero-order chi connectivity index (χ0) is 18.6. The molecule has 0 radical (unpaired) electrons. The number of aryl methyl sites for hydroxylation is 1. The van der Waals surface area contributed by atoms with E-state index >= 15 is 0 Å². The Morgan fingerprint density at radius 2 is 1.96 bits per heavy atom. The molecular weight excluding hydrogens is 338 g/mol. The van der Waals surface area contributed by atoms with Gasteiger partial charge in [0, 0.05) is 18.3 Å². The smallest absolute Gasteiger partial charge is 0.258 e. The molecule has 138 valence electrons. The maximum atomic E-state index is 13.6. The number of carbonyl (C=O) groups excluding carboxylic acids is 1. The van der Waals surface area contributed by atoms with Gasteiger partial charge in [0.1, 0.15) is 11.6 Å². The number of aromatic nitrogens is 2. The molecule has 5 nitrogen and oxygen atoms in total. The standard InChI is InChI=1S/C22H23N3O2/c1-16-23-15-18(21(24-16)17-9-4-2-5-10-17)22(26)25-13-7-3-6-11-19(25)20-12-8-14-27-20/h2,4-5,8-10,12,14-15,19H,3,6-7,11,13H2,1H3/t19-/m0/s1. The third kappa shape index (κ3) is 3.63. The topological polar surface area (TPSA) is 59.2 Å². The number of hydrogen-bond acceptors (Lipinski definition) is 4. The average Bonchev–Trinajstić information content (AvgIpc) is 3.12. The van der Waals surface area contributed by atoms with Gasteiger partial charge in [-0.15, -0.1) is 0 Å². The van der Waals surface area contributed by atoms with Gasteiger partial charge in [-0.05, 0) is 31.9 Å². The van der Waals surface area contributed by atoms with E-state index in [0.29, 0.717) is 23.6 Å². The second-order valence-corrected chi connectivity index (χ2v) is 6.92. The maximum absolute atomic E-state index is 13.6. The molecule has 1 atom stereocenters. The molecule has 1 amide bonds. The predicted octanol–water partition coefficient (Wildman–Crippen LogP) is 4.80. The molecule has 0 bridgehead atoms. The molecule has 0 N–H and O–H groups in total. The van der Waals surface area contributed by atoms with Crippen LogP contribution in [0.15, 0.2) is 59.3 Å². The monoisotopic (exact) mass is 361 g/mol. The van der Waals surface area contributed by atoms with E-state index in [1.54, 1.807) is 12.5 Å². The van der Waals surface area contributed by atoms with E-state index in [9.17, 15) is 4.79 Å². The van der Waals surface area contributed by atoms with Crippen molar-refractivity contribution in [1.29, 1.82) is 0 Å². The molecule has 1 aliphatic heterocycles. The van der Waals surface area contributed by atoms with E-state index < -0.39 is 0 Å². The van der Waals surface area contributed by atoms with Crippen molar-refractivity contribution in [3.05, 3.63) is 72.1 Å². The minimum absolute atomic E-state index is 0.0304. The molecule has 3 heterocycles. The molecule has 2 aromatic heterocycles. The van der Waals surface area contributed by atoms with Gasteiger partial charge in [0.05, 0.1) is 23.6 Å². The molecular formula is C22H23N3O2. The summed E-state index contributed by atoms with van der Waals surface area (Å²) in [5.74, 6) is 1.47. The highest BCUT2D eigenvalue weighted by molar-refractivity contribution is 5.99. The van der Waals surface area contributed by atoms with Crippen molar-refractivity contribution in [2.24, 2.45) is 0 Å². The number of furan rings is 1. The number of rotatable bonds is 3. The Bertz CT molecular complexity index is 907. The maximum Gasteiger partial charge on any atom is 0.258 e. The summed E-state index contributed by atoms with van der Waals surface area (Å²) in [5.41, 5.74) is 2.16. The van der Waals surface area contributed by atoms with E-state index in [2.05, 4.69) is 9.97 Å². The Hall–Kier alpha value is -2.95. The Balaban J connectivity index is 1.75. The van der Waals surface area contributed by atoms with Crippen molar-refractivity contribution in [2.75, 3.05) is 6.54 Å². The van der Waals surface area contributed by atoms with E-state index in [1.165, 1.54) is 0 Å². The summed E-state index contributed by atoms with van der Waals surface area (Å²) in [6, 6.07) is 13.6. The van der Waals surface area contributed by atoms with Crippen LogP contribution in [-0.2, 0) is 0 Å². The first kappa shape index (κ1) is 17.5. The van der Waals surface area contributed by atoms with Gasteiger partial charge in [0.15, 0.2) is 0 Å². The first-order chi connectivity index (χ1) is 13.2. The highest BCUT2D eigenvalue weighted by atomic mass is 16.3. The summed E-state index contributed by atoms with van der Waals surface area (Å²) in [6.07, 6.45) is 7.45. The van der Waals surface area contributed by atoms with E-state index in [1.807, 2.05) is 54.3 Å². The lowest BCUT2D eigenvalue weighted by atomic mass is 10.0. The van der Waals surface area contributed by atoms with Gasteiger partial charge >= 0.3 is 0 Å². The lowest BCUT2D eigenvalue weighted by Gasteiger charge is -2.29. The van der Waals surface area contributed by atoms with Gasteiger partial charge in [-0.3, -0.25) is 4.79 Å². The van der Waals surface area contributed by atoms with Crippen LogP contribution in [0.1, 0.15) is 53.7 Å². The van der Waals surface area contributed by atoms with Crippen LogP contribution in [0.4, 0.5) is 0 Å². The molecule has 1 saturated heterocycles. The third-order valence-electron chi connectivity index (χ3n) is 5.07. The van der Waals surface area contributed by atoms with Gasteiger partial charge < -0.3 is 9.32 Å². The van der Waals surface area contributed by atoms with Crippen LogP contribution in [0.25, 0.3) is 11.3 Å². The number of nitrogens with zero attached hydrogens (tertiary/aromatic N) is 3. The second kappa shape index (κ2) is 7.74. The summed E-state index contributed by atoms with van der Waals surface area (Å²) in [4.78, 5) is 24.4. The van der Waals surface area contributed by atoms with Gasteiger partial charge in [-0.2, -0.15) is 0 Å². The molecule has 3 aromatic rings. The second-order valence-electron chi connectivity index (χ2n) is 6.92.